The molecule has 3 heterocycles. The minimum atomic E-state index is -0.554. The molecule has 1 atom stereocenters. The van der Waals surface area contributed by atoms with Crippen LogP contribution in [0, 0.1) is 5.82 Å². The smallest absolute Gasteiger partial charge is 0.256 e. The SMILES string of the molecule is CC(c1nccs1)N1CCN(C(=O)c2cc3nccnc3cc2F)CC1. The zero-order valence-corrected chi connectivity index (χ0v) is 15.1. The maximum Gasteiger partial charge on any atom is 0.256 e. The van der Waals surface area contributed by atoms with Crippen LogP contribution in [0.5, 0.6) is 0 Å². The highest BCUT2D eigenvalue weighted by Gasteiger charge is 2.27. The summed E-state index contributed by atoms with van der Waals surface area (Å²) in [5, 5.41) is 3.04. The van der Waals surface area contributed by atoms with Crippen molar-refractivity contribution in [2.45, 2.75) is 13.0 Å². The van der Waals surface area contributed by atoms with E-state index in [9.17, 15) is 9.18 Å². The van der Waals surface area contributed by atoms with Crippen LogP contribution in [0.15, 0.2) is 36.1 Å². The predicted octanol–water partition coefficient (Wildman–Crippen LogP) is 2.74. The van der Waals surface area contributed by atoms with Crippen LogP contribution in [0.25, 0.3) is 11.0 Å². The molecule has 134 valence electrons. The lowest BCUT2D eigenvalue weighted by atomic mass is 10.1. The van der Waals surface area contributed by atoms with Crippen molar-refractivity contribution in [1.29, 1.82) is 0 Å². The number of carbonyl (C=O) groups excluding carboxylic acids is 1. The number of piperazine rings is 1. The Morgan fingerprint density at radius 3 is 2.42 bits per heavy atom. The van der Waals surface area contributed by atoms with Crippen molar-refractivity contribution in [3.05, 3.63) is 52.5 Å². The molecule has 1 amide bonds. The van der Waals surface area contributed by atoms with Gasteiger partial charge in [-0.15, -0.1) is 11.3 Å². The average Bonchev–Trinajstić information content (AvgIpc) is 3.21. The Kier molecular flexibility index (Phi) is 4.60. The molecule has 0 spiro atoms. The standard InChI is InChI=1S/C18H18FN5OS/c1-12(17-22-4-9-26-17)23-5-7-24(8-6-23)18(25)13-10-15-16(11-14(13)19)21-3-2-20-15/h2-4,9-12H,5-8H2,1H3. The van der Waals surface area contributed by atoms with E-state index in [1.807, 2.05) is 11.6 Å². The van der Waals surface area contributed by atoms with Crippen molar-refractivity contribution in [2.75, 3.05) is 26.2 Å². The number of carbonyl (C=O) groups is 1. The summed E-state index contributed by atoms with van der Waals surface area (Å²) in [6.45, 7) is 4.72. The van der Waals surface area contributed by atoms with Crippen LogP contribution >= 0.6 is 11.3 Å². The van der Waals surface area contributed by atoms with Crippen molar-refractivity contribution in [1.82, 2.24) is 24.8 Å². The maximum absolute atomic E-state index is 14.4. The number of fused-ring (bicyclic) bond motifs is 1. The summed E-state index contributed by atoms with van der Waals surface area (Å²) < 4.78 is 14.4. The lowest BCUT2D eigenvalue weighted by Crippen LogP contribution is -2.49. The van der Waals surface area contributed by atoms with Crippen molar-refractivity contribution < 1.29 is 9.18 Å². The highest BCUT2D eigenvalue weighted by molar-refractivity contribution is 7.09. The fraction of sp³-hybridized carbons (Fsp3) is 0.333. The van der Waals surface area contributed by atoms with Gasteiger partial charge < -0.3 is 4.90 Å². The van der Waals surface area contributed by atoms with Crippen LogP contribution < -0.4 is 0 Å². The molecule has 1 unspecified atom stereocenters. The highest BCUT2D eigenvalue weighted by Crippen LogP contribution is 2.24. The van der Waals surface area contributed by atoms with Crippen molar-refractivity contribution >= 4 is 28.3 Å². The summed E-state index contributed by atoms with van der Waals surface area (Å²) >= 11 is 1.64. The van der Waals surface area contributed by atoms with Crippen LogP contribution in [0.3, 0.4) is 0 Å². The van der Waals surface area contributed by atoms with Gasteiger partial charge in [0.1, 0.15) is 10.8 Å². The first-order valence-electron chi connectivity index (χ1n) is 8.46. The van der Waals surface area contributed by atoms with Gasteiger partial charge in [0.15, 0.2) is 0 Å². The van der Waals surface area contributed by atoms with E-state index in [-0.39, 0.29) is 17.5 Å². The molecule has 6 nitrogen and oxygen atoms in total. The van der Waals surface area contributed by atoms with Crippen LogP contribution in [-0.2, 0) is 0 Å². The second-order valence-corrected chi connectivity index (χ2v) is 7.18. The van der Waals surface area contributed by atoms with Gasteiger partial charge in [0.05, 0.1) is 22.6 Å². The van der Waals surface area contributed by atoms with Gasteiger partial charge in [-0.2, -0.15) is 0 Å². The molecule has 0 radical (unpaired) electrons. The Hall–Kier alpha value is -2.45. The number of nitrogens with zero attached hydrogens (tertiary/aromatic N) is 5. The van der Waals surface area contributed by atoms with Crippen molar-refractivity contribution in [3.63, 3.8) is 0 Å². The Morgan fingerprint density at radius 2 is 1.77 bits per heavy atom. The zero-order valence-electron chi connectivity index (χ0n) is 14.3. The maximum atomic E-state index is 14.4. The Bertz CT molecular complexity index is 924. The summed E-state index contributed by atoms with van der Waals surface area (Å²) in [6.07, 6.45) is 4.85. The Balaban J connectivity index is 1.48. The first-order chi connectivity index (χ1) is 12.6. The number of hydrogen-bond acceptors (Lipinski definition) is 6. The van der Waals surface area contributed by atoms with Gasteiger partial charge in [0.25, 0.3) is 5.91 Å². The average molecular weight is 371 g/mol. The topological polar surface area (TPSA) is 62.2 Å². The first kappa shape index (κ1) is 17.0. The molecule has 3 aromatic rings. The van der Waals surface area contributed by atoms with E-state index in [2.05, 4.69) is 26.8 Å². The third-order valence-electron chi connectivity index (χ3n) is 4.75. The highest BCUT2D eigenvalue weighted by atomic mass is 32.1. The van der Waals surface area contributed by atoms with Gasteiger partial charge in [-0.25, -0.2) is 9.37 Å². The monoisotopic (exact) mass is 371 g/mol. The summed E-state index contributed by atoms with van der Waals surface area (Å²) in [4.78, 5) is 29.4. The second-order valence-electron chi connectivity index (χ2n) is 6.25. The quantitative estimate of drug-likeness (QED) is 0.708. The van der Waals surface area contributed by atoms with Crippen molar-refractivity contribution in [2.24, 2.45) is 0 Å². The molecule has 8 heteroatoms. The summed E-state index contributed by atoms with van der Waals surface area (Å²) in [5.41, 5.74) is 1.02. The van der Waals surface area contributed by atoms with Gasteiger partial charge in [0, 0.05) is 56.2 Å². The number of amides is 1. The molecule has 26 heavy (non-hydrogen) atoms. The van der Waals surface area contributed by atoms with Gasteiger partial charge in [-0.05, 0) is 13.0 Å². The van der Waals surface area contributed by atoms with Gasteiger partial charge in [-0.1, -0.05) is 0 Å². The number of halogens is 1. The molecule has 1 saturated heterocycles. The third-order valence-corrected chi connectivity index (χ3v) is 5.69. The van der Waals surface area contributed by atoms with Gasteiger partial charge in [-0.3, -0.25) is 19.7 Å². The number of hydrogen-bond donors (Lipinski definition) is 0. The van der Waals surface area contributed by atoms with E-state index < -0.39 is 5.82 Å². The number of thiazole rings is 1. The lowest BCUT2D eigenvalue weighted by molar-refractivity contribution is 0.0578. The molecule has 1 fully saturated rings. The number of aromatic nitrogens is 3. The van der Waals surface area contributed by atoms with Crippen LogP contribution in [0.2, 0.25) is 0 Å². The van der Waals surface area contributed by atoms with E-state index in [1.165, 1.54) is 24.5 Å². The number of benzene rings is 1. The molecule has 1 aromatic carbocycles. The van der Waals surface area contributed by atoms with Gasteiger partial charge >= 0.3 is 0 Å². The van der Waals surface area contributed by atoms with E-state index in [0.29, 0.717) is 24.1 Å². The molecule has 2 aromatic heterocycles. The Labute approximate surface area is 154 Å². The molecule has 0 aliphatic carbocycles. The second kappa shape index (κ2) is 7.05. The van der Waals surface area contributed by atoms with Crippen LogP contribution in [-0.4, -0.2) is 56.8 Å². The zero-order chi connectivity index (χ0) is 18.1. The molecular formula is C18H18FN5OS. The lowest BCUT2D eigenvalue weighted by Gasteiger charge is -2.37. The van der Waals surface area contributed by atoms with Crippen LogP contribution in [0.4, 0.5) is 4.39 Å². The summed E-state index contributed by atoms with van der Waals surface area (Å²) in [6, 6.07) is 2.99. The van der Waals surface area contributed by atoms with Crippen molar-refractivity contribution in [3.8, 4) is 0 Å². The minimum absolute atomic E-state index is 0.0550. The normalized spacial score (nSPS) is 16.8. The number of rotatable bonds is 3. The largest absolute Gasteiger partial charge is 0.336 e. The van der Waals surface area contributed by atoms with Crippen LogP contribution in [0.1, 0.15) is 28.3 Å². The Morgan fingerprint density at radius 1 is 1.08 bits per heavy atom. The third kappa shape index (κ3) is 3.17. The molecular weight excluding hydrogens is 353 g/mol. The molecule has 0 bridgehead atoms. The van der Waals surface area contributed by atoms with E-state index in [0.717, 1.165) is 18.1 Å². The fourth-order valence-corrected chi connectivity index (χ4v) is 3.96. The molecule has 0 saturated carbocycles. The molecule has 4 rings (SSSR count). The first-order valence-corrected chi connectivity index (χ1v) is 9.34. The van der Waals surface area contributed by atoms with E-state index in [1.54, 1.807) is 16.2 Å². The minimum Gasteiger partial charge on any atom is -0.336 e. The summed E-state index contributed by atoms with van der Waals surface area (Å²) in [7, 11) is 0. The molecule has 1 aliphatic rings. The van der Waals surface area contributed by atoms with Gasteiger partial charge in [0.2, 0.25) is 0 Å². The molecule has 1 aliphatic heterocycles. The summed E-state index contributed by atoms with van der Waals surface area (Å²) in [5.74, 6) is -0.849. The molecule has 0 N–H and O–H groups in total. The fourth-order valence-electron chi connectivity index (χ4n) is 3.23. The predicted molar refractivity (Wildman–Crippen MR) is 97.5 cm³/mol. The van der Waals surface area contributed by atoms with E-state index >= 15 is 0 Å². The van der Waals surface area contributed by atoms with E-state index in [4.69, 9.17) is 0 Å².